The van der Waals surface area contributed by atoms with Crippen LogP contribution in [0, 0.1) is 11.6 Å². The van der Waals surface area contributed by atoms with Crippen LogP contribution in [0.5, 0.6) is 0 Å². The van der Waals surface area contributed by atoms with Crippen LogP contribution in [0.4, 0.5) is 8.78 Å². The smallest absolute Gasteiger partial charge is 0.126 e. The number of halogens is 2. The molecule has 2 aromatic rings. The van der Waals surface area contributed by atoms with Crippen molar-refractivity contribution >= 4 is 0 Å². The molecule has 1 N–H and O–H groups in total. The second-order valence-electron chi connectivity index (χ2n) is 4.26. The van der Waals surface area contributed by atoms with Crippen LogP contribution in [-0.4, -0.2) is 9.55 Å². The van der Waals surface area contributed by atoms with Crippen molar-refractivity contribution in [2.45, 2.75) is 19.5 Å². The van der Waals surface area contributed by atoms with E-state index in [1.54, 1.807) is 6.20 Å². The SMILES string of the molecule is CC(NCc1nccn1C)c1cc(F)cc(F)c1. The van der Waals surface area contributed by atoms with Crippen molar-refractivity contribution in [1.29, 1.82) is 0 Å². The molecule has 0 aliphatic rings. The van der Waals surface area contributed by atoms with E-state index in [1.165, 1.54) is 12.1 Å². The van der Waals surface area contributed by atoms with Crippen LogP contribution in [0.1, 0.15) is 24.4 Å². The Hall–Kier alpha value is -1.75. The zero-order valence-electron chi connectivity index (χ0n) is 10.3. The molecule has 1 atom stereocenters. The maximum atomic E-state index is 13.1. The van der Waals surface area contributed by atoms with E-state index < -0.39 is 11.6 Å². The highest BCUT2D eigenvalue weighted by molar-refractivity contribution is 5.20. The molecule has 0 saturated heterocycles. The van der Waals surface area contributed by atoms with E-state index in [0.29, 0.717) is 12.1 Å². The highest BCUT2D eigenvalue weighted by atomic mass is 19.1. The minimum absolute atomic E-state index is 0.146. The standard InChI is InChI=1S/C13H15F2N3/c1-9(10-5-11(14)7-12(15)6-10)17-8-13-16-3-4-18(13)2/h3-7,9,17H,8H2,1-2H3. The lowest BCUT2D eigenvalue weighted by Crippen LogP contribution is -2.20. The first-order valence-corrected chi connectivity index (χ1v) is 5.72. The lowest BCUT2D eigenvalue weighted by molar-refractivity contribution is 0.531. The molecular weight excluding hydrogens is 236 g/mol. The maximum Gasteiger partial charge on any atom is 0.126 e. The Morgan fingerprint density at radius 1 is 1.28 bits per heavy atom. The third-order valence-corrected chi connectivity index (χ3v) is 2.87. The third kappa shape index (κ3) is 2.92. The van der Waals surface area contributed by atoms with E-state index in [2.05, 4.69) is 10.3 Å². The van der Waals surface area contributed by atoms with E-state index in [0.717, 1.165) is 11.9 Å². The molecule has 96 valence electrons. The zero-order chi connectivity index (χ0) is 13.1. The Morgan fingerprint density at radius 2 is 1.94 bits per heavy atom. The number of nitrogens with zero attached hydrogens (tertiary/aromatic N) is 2. The fourth-order valence-corrected chi connectivity index (χ4v) is 1.75. The van der Waals surface area contributed by atoms with Crippen LogP contribution in [-0.2, 0) is 13.6 Å². The van der Waals surface area contributed by atoms with Gasteiger partial charge in [0.2, 0.25) is 0 Å². The highest BCUT2D eigenvalue weighted by Gasteiger charge is 2.09. The van der Waals surface area contributed by atoms with Gasteiger partial charge < -0.3 is 9.88 Å². The van der Waals surface area contributed by atoms with Gasteiger partial charge in [-0.05, 0) is 24.6 Å². The quantitative estimate of drug-likeness (QED) is 0.905. The molecule has 18 heavy (non-hydrogen) atoms. The summed E-state index contributed by atoms with van der Waals surface area (Å²) in [5.74, 6) is -0.245. The van der Waals surface area contributed by atoms with Crippen molar-refractivity contribution in [2.75, 3.05) is 0 Å². The second-order valence-corrected chi connectivity index (χ2v) is 4.26. The number of imidazole rings is 1. The summed E-state index contributed by atoms with van der Waals surface area (Å²) in [5.41, 5.74) is 0.585. The predicted octanol–water partition coefficient (Wildman–Crippen LogP) is 2.55. The van der Waals surface area contributed by atoms with E-state index >= 15 is 0 Å². The summed E-state index contributed by atoms with van der Waals surface area (Å²) in [7, 11) is 1.90. The van der Waals surface area contributed by atoms with Gasteiger partial charge in [-0.25, -0.2) is 13.8 Å². The molecule has 0 radical (unpaired) electrons. The summed E-state index contributed by atoms with van der Waals surface area (Å²) in [6, 6.07) is 3.39. The summed E-state index contributed by atoms with van der Waals surface area (Å²) in [6.45, 7) is 2.40. The molecule has 0 aliphatic heterocycles. The summed E-state index contributed by atoms with van der Waals surface area (Å²) in [4.78, 5) is 4.17. The minimum Gasteiger partial charge on any atom is -0.337 e. The van der Waals surface area contributed by atoms with Crippen molar-refractivity contribution < 1.29 is 8.78 Å². The monoisotopic (exact) mass is 251 g/mol. The van der Waals surface area contributed by atoms with Crippen molar-refractivity contribution in [3.05, 3.63) is 53.6 Å². The molecule has 0 fully saturated rings. The van der Waals surface area contributed by atoms with Crippen LogP contribution >= 0.6 is 0 Å². The molecule has 1 aromatic heterocycles. The van der Waals surface area contributed by atoms with Gasteiger partial charge >= 0.3 is 0 Å². The second kappa shape index (κ2) is 5.27. The maximum absolute atomic E-state index is 13.1. The molecule has 1 heterocycles. The molecule has 1 unspecified atom stereocenters. The van der Waals surface area contributed by atoms with Crippen molar-refractivity contribution in [1.82, 2.24) is 14.9 Å². The van der Waals surface area contributed by atoms with Gasteiger partial charge in [0, 0.05) is 31.5 Å². The zero-order valence-corrected chi connectivity index (χ0v) is 10.3. The largest absolute Gasteiger partial charge is 0.337 e. The van der Waals surface area contributed by atoms with Gasteiger partial charge in [-0.1, -0.05) is 0 Å². The van der Waals surface area contributed by atoms with Crippen molar-refractivity contribution in [2.24, 2.45) is 7.05 Å². The Labute approximate surface area is 104 Å². The number of aryl methyl sites for hydroxylation is 1. The summed E-state index contributed by atoms with van der Waals surface area (Å²) in [6.07, 6.45) is 3.56. The molecule has 0 amide bonds. The number of benzene rings is 1. The number of hydrogen-bond donors (Lipinski definition) is 1. The van der Waals surface area contributed by atoms with Crippen molar-refractivity contribution in [3.63, 3.8) is 0 Å². The summed E-state index contributed by atoms with van der Waals surface area (Å²) >= 11 is 0. The molecule has 0 aliphatic carbocycles. The first-order valence-electron chi connectivity index (χ1n) is 5.72. The molecule has 1 aromatic carbocycles. The first kappa shape index (κ1) is 12.7. The van der Waals surface area contributed by atoms with Crippen LogP contribution in [0.15, 0.2) is 30.6 Å². The molecule has 0 saturated carbocycles. The molecule has 0 bridgehead atoms. The summed E-state index contributed by atoms with van der Waals surface area (Å²) < 4.78 is 28.1. The lowest BCUT2D eigenvalue weighted by Gasteiger charge is -2.14. The van der Waals surface area contributed by atoms with Crippen LogP contribution in [0.3, 0.4) is 0 Å². The molecule has 3 nitrogen and oxygen atoms in total. The van der Waals surface area contributed by atoms with Crippen LogP contribution < -0.4 is 5.32 Å². The fraction of sp³-hybridized carbons (Fsp3) is 0.308. The van der Waals surface area contributed by atoms with E-state index in [1.807, 2.05) is 24.7 Å². The van der Waals surface area contributed by atoms with Crippen LogP contribution in [0.2, 0.25) is 0 Å². The molecule has 0 spiro atoms. The average Bonchev–Trinajstić information content (AvgIpc) is 2.70. The Balaban J connectivity index is 2.03. The van der Waals surface area contributed by atoms with Gasteiger partial charge in [0.25, 0.3) is 0 Å². The van der Waals surface area contributed by atoms with Gasteiger partial charge in [-0.2, -0.15) is 0 Å². The normalized spacial score (nSPS) is 12.7. The molecule has 2 rings (SSSR count). The number of rotatable bonds is 4. The summed E-state index contributed by atoms with van der Waals surface area (Å²) in [5, 5.41) is 3.18. The van der Waals surface area contributed by atoms with Gasteiger partial charge in [0.05, 0.1) is 6.54 Å². The average molecular weight is 251 g/mol. The van der Waals surface area contributed by atoms with Gasteiger partial charge in [0.1, 0.15) is 17.5 Å². The highest BCUT2D eigenvalue weighted by Crippen LogP contribution is 2.16. The number of aromatic nitrogens is 2. The van der Waals surface area contributed by atoms with E-state index in [4.69, 9.17) is 0 Å². The van der Waals surface area contributed by atoms with Gasteiger partial charge in [-0.15, -0.1) is 0 Å². The predicted molar refractivity (Wildman–Crippen MR) is 64.8 cm³/mol. The van der Waals surface area contributed by atoms with Gasteiger partial charge in [-0.3, -0.25) is 0 Å². The third-order valence-electron chi connectivity index (χ3n) is 2.87. The molecular formula is C13H15F2N3. The van der Waals surface area contributed by atoms with Crippen LogP contribution in [0.25, 0.3) is 0 Å². The fourth-order valence-electron chi connectivity index (χ4n) is 1.75. The first-order chi connectivity index (χ1) is 8.56. The Morgan fingerprint density at radius 3 is 2.50 bits per heavy atom. The lowest BCUT2D eigenvalue weighted by atomic mass is 10.1. The number of nitrogens with one attached hydrogen (secondary N) is 1. The van der Waals surface area contributed by atoms with Gasteiger partial charge in [0.15, 0.2) is 0 Å². The van der Waals surface area contributed by atoms with E-state index in [-0.39, 0.29) is 6.04 Å². The van der Waals surface area contributed by atoms with Crippen molar-refractivity contribution in [3.8, 4) is 0 Å². The number of hydrogen-bond acceptors (Lipinski definition) is 2. The molecule has 5 heteroatoms. The Bertz CT molecular complexity index is 517. The Kier molecular flexibility index (Phi) is 3.72. The minimum atomic E-state index is -0.560. The van der Waals surface area contributed by atoms with E-state index in [9.17, 15) is 8.78 Å². The topological polar surface area (TPSA) is 29.9 Å².